The Kier molecular flexibility index (Phi) is 5.41. The highest BCUT2D eigenvalue weighted by Gasteiger charge is 2.26. The molecule has 1 N–H and O–H groups in total. The first-order valence-corrected chi connectivity index (χ1v) is 7.73. The van der Waals surface area contributed by atoms with Gasteiger partial charge < -0.3 is 14.7 Å². The van der Waals surface area contributed by atoms with Gasteiger partial charge in [0.05, 0.1) is 0 Å². The van der Waals surface area contributed by atoms with Crippen LogP contribution < -0.4 is 4.74 Å². The summed E-state index contributed by atoms with van der Waals surface area (Å²) in [7, 11) is 0. The first kappa shape index (κ1) is 16.3. The summed E-state index contributed by atoms with van der Waals surface area (Å²) in [6.07, 6.45) is 3.31. The molecule has 5 heteroatoms. The van der Waals surface area contributed by atoms with E-state index in [9.17, 15) is 9.59 Å². The number of carboxylic acid groups (broad SMARTS) is 1. The quantitative estimate of drug-likeness (QED) is 0.929. The number of carbonyl (C=O) groups is 2. The van der Waals surface area contributed by atoms with Crippen LogP contribution in [0.3, 0.4) is 0 Å². The van der Waals surface area contributed by atoms with Crippen LogP contribution in [0.15, 0.2) is 24.3 Å². The fraction of sp³-hybridized carbons (Fsp3) is 0.529. The summed E-state index contributed by atoms with van der Waals surface area (Å²) >= 11 is 0. The van der Waals surface area contributed by atoms with Gasteiger partial charge >= 0.3 is 5.97 Å². The van der Waals surface area contributed by atoms with E-state index in [1.54, 1.807) is 24.3 Å². The zero-order valence-electron chi connectivity index (χ0n) is 13.1. The van der Waals surface area contributed by atoms with Crippen molar-refractivity contribution in [2.24, 2.45) is 5.92 Å². The minimum atomic E-state index is -1.04. The Morgan fingerprint density at radius 1 is 1.32 bits per heavy atom. The van der Waals surface area contributed by atoms with Gasteiger partial charge in [0.1, 0.15) is 5.75 Å². The molecule has 0 spiro atoms. The van der Waals surface area contributed by atoms with E-state index in [4.69, 9.17) is 9.84 Å². The van der Waals surface area contributed by atoms with Crippen LogP contribution in [0.1, 0.15) is 43.5 Å². The van der Waals surface area contributed by atoms with E-state index in [1.807, 2.05) is 4.90 Å². The standard InChI is InChI=1S/C17H23NO4/c1-12-5-3-6-13(2)18(10-12)17(21)14-7-4-8-15(9-14)22-11-16(19)20/h4,7-9,12-13H,3,5-6,10-11H2,1-2H3,(H,19,20). The third-order valence-electron chi connectivity index (χ3n) is 4.06. The van der Waals surface area contributed by atoms with Crippen molar-refractivity contribution in [3.8, 4) is 5.75 Å². The van der Waals surface area contributed by atoms with Crippen LogP contribution >= 0.6 is 0 Å². The highest BCUT2D eigenvalue weighted by molar-refractivity contribution is 5.94. The van der Waals surface area contributed by atoms with Crippen LogP contribution in [-0.2, 0) is 4.79 Å². The number of rotatable bonds is 4. The van der Waals surface area contributed by atoms with Gasteiger partial charge in [-0.1, -0.05) is 19.4 Å². The molecular formula is C17H23NO4. The molecule has 1 aliphatic heterocycles. The molecule has 0 saturated carbocycles. The van der Waals surface area contributed by atoms with E-state index in [1.165, 1.54) is 0 Å². The molecule has 0 aromatic heterocycles. The Morgan fingerprint density at radius 2 is 2.09 bits per heavy atom. The van der Waals surface area contributed by atoms with E-state index < -0.39 is 12.6 Å². The van der Waals surface area contributed by atoms with Gasteiger partial charge in [0.25, 0.3) is 5.91 Å². The first-order chi connectivity index (χ1) is 10.5. The normalized spacial score (nSPS) is 22.0. The Balaban J connectivity index is 2.13. The summed E-state index contributed by atoms with van der Waals surface area (Å²) in [5.41, 5.74) is 0.545. The van der Waals surface area contributed by atoms with E-state index >= 15 is 0 Å². The van der Waals surface area contributed by atoms with Gasteiger partial charge in [-0.3, -0.25) is 4.79 Å². The maximum absolute atomic E-state index is 12.8. The van der Waals surface area contributed by atoms with Gasteiger partial charge in [-0.25, -0.2) is 4.79 Å². The number of likely N-dealkylation sites (tertiary alicyclic amines) is 1. The molecule has 2 rings (SSSR count). The van der Waals surface area contributed by atoms with Gasteiger partial charge in [0.15, 0.2) is 6.61 Å². The topological polar surface area (TPSA) is 66.8 Å². The number of nitrogens with zero attached hydrogens (tertiary/aromatic N) is 1. The van der Waals surface area contributed by atoms with Crippen molar-refractivity contribution in [2.45, 2.75) is 39.2 Å². The van der Waals surface area contributed by atoms with E-state index in [-0.39, 0.29) is 11.9 Å². The summed E-state index contributed by atoms with van der Waals surface area (Å²) in [5.74, 6) is -0.141. The largest absolute Gasteiger partial charge is 0.482 e. The predicted molar refractivity (Wildman–Crippen MR) is 83.1 cm³/mol. The van der Waals surface area contributed by atoms with E-state index in [0.717, 1.165) is 25.8 Å². The van der Waals surface area contributed by atoms with Gasteiger partial charge in [-0.15, -0.1) is 0 Å². The summed E-state index contributed by atoms with van der Waals surface area (Å²) < 4.78 is 5.15. The second-order valence-electron chi connectivity index (χ2n) is 6.05. The first-order valence-electron chi connectivity index (χ1n) is 7.73. The minimum Gasteiger partial charge on any atom is -0.482 e. The highest BCUT2D eigenvalue weighted by atomic mass is 16.5. The lowest BCUT2D eigenvalue weighted by Gasteiger charge is -2.29. The highest BCUT2D eigenvalue weighted by Crippen LogP contribution is 2.23. The molecule has 5 nitrogen and oxygen atoms in total. The Labute approximate surface area is 130 Å². The molecule has 1 aliphatic rings. The Morgan fingerprint density at radius 3 is 2.82 bits per heavy atom. The number of benzene rings is 1. The fourth-order valence-electron chi connectivity index (χ4n) is 2.84. The van der Waals surface area contributed by atoms with Crippen molar-refractivity contribution < 1.29 is 19.4 Å². The molecule has 1 aromatic carbocycles. The maximum Gasteiger partial charge on any atom is 0.341 e. The molecule has 1 amide bonds. The average molecular weight is 305 g/mol. The van der Waals surface area contributed by atoms with E-state index in [2.05, 4.69) is 13.8 Å². The van der Waals surface area contributed by atoms with Crippen molar-refractivity contribution in [2.75, 3.05) is 13.2 Å². The molecular weight excluding hydrogens is 282 g/mol. The number of hydrogen-bond acceptors (Lipinski definition) is 3. The second-order valence-corrected chi connectivity index (χ2v) is 6.05. The molecule has 2 unspecified atom stereocenters. The Bertz CT molecular complexity index is 543. The molecule has 1 aromatic rings. The van der Waals surface area contributed by atoms with Crippen molar-refractivity contribution in [1.29, 1.82) is 0 Å². The molecule has 1 heterocycles. The van der Waals surface area contributed by atoms with Gasteiger partial charge in [-0.05, 0) is 43.9 Å². The van der Waals surface area contributed by atoms with Crippen molar-refractivity contribution >= 4 is 11.9 Å². The second kappa shape index (κ2) is 7.29. The lowest BCUT2D eigenvalue weighted by Crippen LogP contribution is -2.39. The molecule has 0 radical (unpaired) electrons. The molecule has 0 bridgehead atoms. The van der Waals surface area contributed by atoms with Crippen LogP contribution in [0.5, 0.6) is 5.75 Å². The molecule has 2 atom stereocenters. The zero-order chi connectivity index (χ0) is 16.1. The van der Waals surface area contributed by atoms with Crippen LogP contribution in [-0.4, -0.2) is 41.1 Å². The number of carboxylic acids is 1. The number of carbonyl (C=O) groups excluding carboxylic acids is 1. The summed E-state index contributed by atoms with van der Waals surface area (Å²) in [4.78, 5) is 25.2. The molecule has 120 valence electrons. The smallest absolute Gasteiger partial charge is 0.341 e. The van der Waals surface area contributed by atoms with Crippen LogP contribution in [0.2, 0.25) is 0 Å². The van der Waals surface area contributed by atoms with Crippen molar-refractivity contribution in [3.05, 3.63) is 29.8 Å². The molecule has 0 aliphatic carbocycles. The summed E-state index contributed by atoms with van der Waals surface area (Å²) in [6.45, 7) is 4.61. The SMILES string of the molecule is CC1CCCC(C)N(C(=O)c2cccc(OCC(=O)O)c2)C1. The molecule has 22 heavy (non-hydrogen) atoms. The van der Waals surface area contributed by atoms with Gasteiger partial charge in [0.2, 0.25) is 0 Å². The summed E-state index contributed by atoms with van der Waals surface area (Å²) in [5, 5.41) is 8.65. The van der Waals surface area contributed by atoms with Crippen LogP contribution in [0, 0.1) is 5.92 Å². The number of aliphatic carboxylic acids is 1. The Hall–Kier alpha value is -2.04. The predicted octanol–water partition coefficient (Wildman–Crippen LogP) is 2.80. The minimum absolute atomic E-state index is 0.0120. The molecule has 1 saturated heterocycles. The lowest BCUT2D eigenvalue weighted by molar-refractivity contribution is -0.139. The van der Waals surface area contributed by atoms with Gasteiger partial charge in [0, 0.05) is 18.2 Å². The monoisotopic (exact) mass is 305 g/mol. The van der Waals surface area contributed by atoms with Crippen molar-refractivity contribution in [3.63, 3.8) is 0 Å². The summed E-state index contributed by atoms with van der Waals surface area (Å²) in [6, 6.07) is 6.97. The lowest BCUT2D eigenvalue weighted by atomic mass is 10.1. The average Bonchev–Trinajstić information content (AvgIpc) is 2.66. The maximum atomic E-state index is 12.8. The third kappa shape index (κ3) is 4.23. The van der Waals surface area contributed by atoms with E-state index in [0.29, 0.717) is 17.2 Å². The molecule has 1 fully saturated rings. The van der Waals surface area contributed by atoms with Crippen LogP contribution in [0.4, 0.5) is 0 Å². The van der Waals surface area contributed by atoms with Crippen LogP contribution in [0.25, 0.3) is 0 Å². The zero-order valence-corrected chi connectivity index (χ0v) is 13.1. The third-order valence-corrected chi connectivity index (χ3v) is 4.06. The van der Waals surface area contributed by atoms with Crippen molar-refractivity contribution in [1.82, 2.24) is 4.90 Å². The number of hydrogen-bond donors (Lipinski definition) is 1. The number of amides is 1. The fourth-order valence-corrected chi connectivity index (χ4v) is 2.84. The van der Waals surface area contributed by atoms with Gasteiger partial charge in [-0.2, -0.15) is 0 Å². The number of ether oxygens (including phenoxy) is 1.